The first-order valence-corrected chi connectivity index (χ1v) is 8.33. The van der Waals surface area contributed by atoms with Crippen LogP contribution in [0.3, 0.4) is 0 Å². The summed E-state index contributed by atoms with van der Waals surface area (Å²) in [4.78, 5) is 23.7. The number of ether oxygens (including phenoxy) is 1. The Kier molecular flexibility index (Phi) is 6.71. The number of hydrogen-bond donors (Lipinski definition) is 2. The summed E-state index contributed by atoms with van der Waals surface area (Å²) in [7, 11) is 1.57. The van der Waals surface area contributed by atoms with Gasteiger partial charge in [-0.3, -0.25) is 9.59 Å². The lowest BCUT2D eigenvalue weighted by atomic mass is 10.1. The van der Waals surface area contributed by atoms with Gasteiger partial charge in [-0.05, 0) is 52.2 Å². The Morgan fingerprint density at radius 3 is 2.52 bits per heavy atom. The van der Waals surface area contributed by atoms with Gasteiger partial charge in [0, 0.05) is 0 Å². The van der Waals surface area contributed by atoms with E-state index >= 15 is 0 Å². The van der Waals surface area contributed by atoms with Gasteiger partial charge in [0.1, 0.15) is 5.75 Å². The SMILES string of the molecule is COc1ccc(/C=N\NC(=O)C(=O)N[C@@H](C)c2ccccc2)cc1Br. The molecule has 0 aliphatic heterocycles. The minimum Gasteiger partial charge on any atom is -0.496 e. The molecule has 1 atom stereocenters. The monoisotopic (exact) mass is 403 g/mol. The first-order chi connectivity index (χ1) is 12.0. The molecule has 0 bridgehead atoms. The summed E-state index contributed by atoms with van der Waals surface area (Å²) in [6.07, 6.45) is 1.44. The molecule has 0 spiro atoms. The molecule has 130 valence electrons. The Bertz CT molecular complexity index is 778. The lowest BCUT2D eigenvalue weighted by molar-refractivity contribution is -0.139. The molecule has 2 aromatic rings. The Balaban J connectivity index is 1.89. The average Bonchev–Trinajstić information content (AvgIpc) is 2.62. The molecular formula is C18H18BrN3O3. The third kappa shape index (κ3) is 5.42. The van der Waals surface area contributed by atoms with E-state index in [2.05, 4.69) is 31.8 Å². The molecule has 2 N–H and O–H groups in total. The van der Waals surface area contributed by atoms with E-state index in [-0.39, 0.29) is 6.04 Å². The zero-order chi connectivity index (χ0) is 18.2. The fourth-order valence-corrected chi connectivity index (χ4v) is 2.62. The standard InChI is InChI=1S/C18H18BrN3O3/c1-12(14-6-4-3-5-7-14)21-17(23)18(24)22-20-11-13-8-9-16(25-2)15(19)10-13/h3-12H,1-2H3,(H,21,23)(H,22,24)/b20-11-/t12-/m0/s1. The number of nitrogens with one attached hydrogen (secondary N) is 2. The minimum atomic E-state index is -0.827. The zero-order valence-corrected chi connectivity index (χ0v) is 15.4. The Labute approximate surface area is 154 Å². The summed E-state index contributed by atoms with van der Waals surface area (Å²) in [5.74, 6) is -0.883. The predicted octanol–water partition coefficient (Wildman–Crippen LogP) is 2.79. The van der Waals surface area contributed by atoms with Crippen LogP contribution in [0.1, 0.15) is 24.1 Å². The van der Waals surface area contributed by atoms with Crippen LogP contribution in [0.4, 0.5) is 0 Å². The number of benzene rings is 2. The molecule has 0 aliphatic carbocycles. The second-order valence-electron chi connectivity index (χ2n) is 5.20. The zero-order valence-electron chi connectivity index (χ0n) is 13.8. The van der Waals surface area contributed by atoms with Crippen molar-refractivity contribution in [2.24, 2.45) is 5.10 Å². The topological polar surface area (TPSA) is 79.8 Å². The molecule has 2 amide bonds. The maximum Gasteiger partial charge on any atom is 0.329 e. The van der Waals surface area contributed by atoms with Crippen molar-refractivity contribution in [1.82, 2.24) is 10.7 Å². The normalized spacial score (nSPS) is 11.8. The molecular weight excluding hydrogens is 386 g/mol. The van der Waals surface area contributed by atoms with E-state index in [9.17, 15) is 9.59 Å². The molecule has 0 saturated heterocycles. The summed E-state index contributed by atoms with van der Waals surface area (Å²) in [5.41, 5.74) is 3.86. The van der Waals surface area contributed by atoms with Gasteiger partial charge >= 0.3 is 11.8 Å². The van der Waals surface area contributed by atoms with Crippen molar-refractivity contribution < 1.29 is 14.3 Å². The van der Waals surface area contributed by atoms with Crippen molar-refractivity contribution in [3.8, 4) is 5.75 Å². The second-order valence-corrected chi connectivity index (χ2v) is 6.05. The third-order valence-electron chi connectivity index (χ3n) is 3.41. The highest BCUT2D eigenvalue weighted by atomic mass is 79.9. The van der Waals surface area contributed by atoms with Crippen LogP contribution < -0.4 is 15.5 Å². The number of halogens is 1. The molecule has 7 heteroatoms. The van der Waals surface area contributed by atoms with Crippen molar-refractivity contribution in [3.63, 3.8) is 0 Å². The number of amides is 2. The van der Waals surface area contributed by atoms with Crippen molar-refractivity contribution in [1.29, 1.82) is 0 Å². The summed E-state index contributed by atoms with van der Waals surface area (Å²) >= 11 is 3.36. The highest BCUT2D eigenvalue weighted by Gasteiger charge is 2.16. The molecule has 0 saturated carbocycles. The van der Waals surface area contributed by atoms with Gasteiger partial charge in [-0.1, -0.05) is 30.3 Å². The minimum absolute atomic E-state index is 0.277. The van der Waals surface area contributed by atoms with Crippen molar-refractivity contribution >= 4 is 34.0 Å². The lowest BCUT2D eigenvalue weighted by Crippen LogP contribution is -2.39. The largest absolute Gasteiger partial charge is 0.496 e. The highest BCUT2D eigenvalue weighted by molar-refractivity contribution is 9.10. The molecule has 2 aromatic carbocycles. The number of rotatable bonds is 5. The Morgan fingerprint density at radius 1 is 1.16 bits per heavy atom. The van der Waals surface area contributed by atoms with Crippen molar-refractivity contribution in [3.05, 3.63) is 64.1 Å². The van der Waals surface area contributed by atoms with Gasteiger partial charge in [-0.2, -0.15) is 5.10 Å². The first kappa shape index (κ1) is 18.7. The van der Waals surface area contributed by atoms with E-state index in [1.54, 1.807) is 32.2 Å². The lowest BCUT2D eigenvalue weighted by Gasteiger charge is -2.13. The third-order valence-corrected chi connectivity index (χ3v) is 4.03. The predicted molar refractivity (Wildman–Crippen MR) is 99.4 cm³/mol. The van der Waals surface area contributed by atoms with Crippen LogP contribution in [0.15, 0.2) is 58.1 Å². The van der Waals surface area contributed by atoms with Gasteiger partial charge in [0.05, 0.1) is 23.8 Å². The van der Waals surface area contributed by atoms with Crippen LogP contribution in [0.25, 0.3) is 0 Å². The van der Waals surface area contributed by atoms with E-state index in [4.69, 9.17) is 4.74 Å². The molecule has 0 aliphatic rings. The maximum absolute atomic E-state index is 11.9. The highest BCUT2D eigenvalue weighted by Crippen LogP contribution is 2.24. The van der Waals surface area contributed by atoms with Gasteiger partial charge in [-0.15, -0.1) is 0 Å². The van der Waals surface area contributed by atoms with Crippen LogP contribution in [0, 0.1) is 0 Å². The second kappa shape index (κ2) is 8.98. The fraction of sp³-hybridized carbons (Fsp3) is 0.167. The molecule has 0 aromatic heterocycles. The van der Waals surface area contributed by atoms with Gasteiger partial charge < -0.3 is 10.1 Å². The van der Waals surface area contributed by atoms with Crippen LogP contribution in [-0.2, 0) is 9.59 Å². The summed E-state index contributed by atoms with van der Waals surface area (Å²) in [6, 6.07) is 14.4. The Morgan fingerprint density at radius 2 is 1.88 bits per heavy atom. The molecule has 0 radical (unpaired) electrons. The first-order valence-electron chi connectivity index (χ1n) is 7.53. The molecule has 0 unspecified atom stereocenters. The number of carbonyl (C=O) groups excluding carboxylic acids is 2. The van der Waals surface area contributed by atoms with Crippen LogP contribution in [-0.4, -0.2) is 25.1 Å². The number of hydrogen-bond acceptors (Lipinski definition) is 4. The molecule has 0 fully saturated rings. The van der Waals surface area contributed by atoms with Crippen molar-refractivity contribution in [2.45, 2.75) is 13.0 Å². The number of nitrogens with zero attached hydrogens (tertiary/aromatic N) is 1. The number of carbonyl (C=O) groups is 2. The summed E-state index contributed by atoms with van der Waals surface area (Å²) in [6.45, 7) is 1.80. The molecule has 6 nitrogen and oxygen atoms in total. The summed E-state index contributed by atoms with van der Waals surface area (Å²) in [5, 5.41) is 6.41. The smallest absolute Gasteiger partial charge is 0.329 e. The van der Waals surface area contributed by atoms with Crippen LogP contribution in [0.5, 0.6) is 5.75 Å². The quantitative estimate of drug-likeness (QED) is 0.457. The number of methoxy groups -OCH3 is 1. The summed E-state index contributed by atoms with van der Waals surface area (Å²) < 4.78 is 5.90. The van der Waals surface area contributed by atoms with E-state index in [1.807, 2.05) is 30.3 Å². The molecule has 2 rings (SSSR count). The van der Waals surface area contributed by atoms with E-state index in [0.717, 1.165) is 15.6 Å². The average molecular weight is 404 g/mol. The van der Waals surface area contributed by atoms with Crippen molar-refractivity contribution in [2.75, 3.05) is 7.11 Å². The Hall–Kier alpha value is -2.67. The number of hydrazone groups is 1. The van der Waals surface area contributed by atoms with E-state index in [0.29, 0.717) is 5.75 Å². The van der Waals surface area contributed by atoms with Gasteiger partial charge in [0.2, 0.25) is 0 Å². The van der Waals surface area contributed by atoms with Crippen LogP contribution in [0.2, 0.25) is 0 Å². The molecule has 25 heavy (non-hydrogen) atoms. The van der Waals surface area contributed by atoms with Gasteiger partial charge in [0.15, 0.2) is 0 Å². The van der Waals surface area contributed by atoms with E-state index < -0.39 is 11.8 Å². The maximum atomic E-state index is 11.9. The fourth-order valence-electron chi connectivity index (χ4n) is 2.07. The van der Waals surface area contributed by atoms with Gasteiger partial charge in [0.25, 0.3) is 0 Å². The molecule has 0 heterocycles. The van der Waals surface area contributed by atoms with Gasteiger partial charge in [-0.25, -0.2) is 5.43 Å². The van der Waals surface area contributed by atoms with E-state index in [1.165, 1.54) is 6.21 Å². The van der Waals surface area contributed by atoms with Crippen LogP contribution >= 0.6 is 15.9 Å².